The lowest BCUT2D eigenvalue weighted by molar-refractivity contribution is -0.131. The van der Waals surface area contributed by atoms with Crippen LogP contribution in [0, 0.1) is 12.8 Å². The fraction of sp³-hybridized carbons (Fsp3) is 0.688. The molecule has 1 aliphatic rings. The predicted molar refractivity (Wildman–Crippen MR) is 89.2 cm³/mol. The minimum absolute atomic E-state index is 0.107. The monoisotopic (exact) mass is 305 g/mol. The van der Waals surface area contributed by atoms with Crippen molar-refractivity contribution in [1.29, 1.82) is 0 Å². The van der Waals surface area contributed by atoms with Crippen molar-refractivity contribution in [3.63, 3.8) is 0 Å². The highest BCUT2D eigenvalue weighted by Crippen LogP contribution is 2.26. The van der Waals surface area contributed by atoms with Crippen LogP contribution in [0.2, 0.25) is 0 Å². The second kappa shape index (κ2) is 6.10. The van der Waals surface area contributed by atoms with Crippen molar-refractivity contribution >= 4 is 17.7 Å². The van der Waals surface area contributed by atoms with Gasteiger partial charge in [0.1, 0.15) is 5.82 Å². The minimum atomic E-state index is -0.107. The summed E-state index contributed by atoms with van der Waals surface area (Å²) in [7, 11) is 3.94. The van der Waals surface area contributed by atoms with Gasteiger partial charge < -0.3 is 15.1 Å². The molecule has 2 heterocycles. The maximum atomic E-state index is 12.1. The number of nitrogens with zero attached hydrogens (tertiary/aromatic N) is 4. The average molecular weight is 305 g/mol. The highest BCUT2D eigenvalue weighted by Gasteiger charge is 2.35. The van der Waals surface area contributed by atoms with E-state index in [2.05, 4.69) is 36.1 Å². The van der Waals surface area contributed by atoms with Crippen LogP contribution in [0.5, 0.6) is 0 Å². The Morgan fingerprint density at radius 2 is 2.09 bits per heavy atom. The fourth-order valence-electron chi connectivity index (χ4n) is 2.77. The summed E-state index contributed by atoms with van der Waals surface area (Å²) in [6.45, 7) is 9.74. The van der Waals surface area contributed by atoms with Gasteiger partial charge in [0.05, 0.1) is 0 Å². The van der Waals surface area contributed by atoms with Crippen molar-refractivity contribution in [2.45, 2.75) is 39.7 Å². The molecule has 1 N–H and O–H groups in total. The molecule has 22 heavy (non-hydrogen) atoms. The Morgan fingerprint density at radius 1 is 1.41 bits per heavy atom. The van der Waals surface area contributed by atoms with E-state index in [0.29, 0.717) is 24.8 Å². The molecule has 1 unspecified atom stereocenters. The maximum Gasteiger partial charge on any atom is 0.224 e. The zero-order valence-electron chi connectivity index (χ0n) is 14.5. The second-order valence-corrected chi connectivity index (χ2v) is 7.22. The van der Waals surface area contributed by atoms with Crippen LogP contribution in [0.15, 0.2) is 6.20 Å². The molecule has 1 aromatic rings. The van der Waals surface area contributed by atoms with Gasteiger partial charge in [-0.3, -0.25) is 4.79 Å². The van der Waals surface area contributed by atoms with Gasteiger partial charge in [0, 0.05) is 56.8 Å². The molecule has 1 aliphatic heterocycles. The molecule has 0 aliphatic carbocycles. The molecule has 1 saturated heterocycles. The van der Waals surface area contributed by atoms with Crippen molar-refractivity contribution in [3.8, 4) is 0 Å². The summed E-state index contributed by atoms with van der Waals surface area (Å²) in [4.78, 5) is 24.9. The van der Waals surface area contributed by atoms with Gasteiger partial charge in [0.25, 0.3) is 0 Å². The van der Waals surface area contributed by atoms with Gasteiger partial charge in [-0.05, 0) is 27.7 Å². The number of nitrogens with one attached hydrogen (secondary N) is 1. The third kappa shape index (κ3) is 3.67. The number of aryl methyl sites for hydroxylation is 1. The van der Waals surface area contributed by atoms with Gasteiger partial charge in [0.15, 0.2) is 0 Å². The summed E-state index contributed by atoms with van der Waals surface area (Å²) in [6, 6.07) is 0. The summed E-state index contributed by atoms with van der Waals surface area (Å²) < 4.78 is 0. The maximum absolute atomic E-state index is 12.1. The first-order valence-corrected chi connectivity index (χ1v) is 7.74. The quantitative estimate of drug-likeness (QED) is 0.921. The lowest BCUT2D eigenvalue weighted by Gasteiger charge is -2.32. The molecular formula is C16H27N5O. The number of aromatic nitrogens is 2. The number of rotatable bonds is 4. The SMILES string of the molecule is Cc1cnc(NCC2CC(=O)N(C(C)(C)C)C2)nc1N(C)C. The minimum Gasteiger partial charge on any atom is -0.362 e. The smallest absolute Gasteiger partial charge is 0.224 e. The summed E-state index contributed by atoms with van der Waals surface area (Å²) >= 11 is 0. The van der Waals surface area contributed by atoms with Crippen LogP contribution in [-0.4, -0.2) is 53.5 Å². The van der Waals surface area contributed by atoms with E-state index in [1.165, 1.54) is 0 Å². The van der Waals surface area contributed by atoms with Crippen molar-refractivity contribution in [2.75, 3.05) is 37.4 Å². The number of amides is 1. The zero-order chi connectivity index (χ0) is 16.5. The van der Waals surface area contributed by atoms with E-state index < -0.39 is 0 Å². The zero-order valence-corrected chi connectivity index (χ0v) is 14.5. The van der Waals surface area contributed by atoms with Crippen LogP contribution < -0.4 is 10.2 Å². The molecule has 0 spiro atoms. The first-order valence-electron chi connectivity index (χ1n) is 7.74. The van der Waals surface area contributed by atoms with Crippen LogP contribution in [0.1, 0.15) is 32.8 Å². The van der Waals surface area contributed by atoms with E-state index in [0.717, 1.165) is 17.9 Å². The largest absolute Gasteiger partial charge is 0.362 e. The number of carbonyl (C=O) groups is 1. The van der Waals surface area contributed by atoms with Gasteiger partial charge in [-0.25, -0.2) is 4.98 Å². The number of likely N-dealkylation sites (tertiary alicyclic amines) is 1. The molecule has 1 amide bonds. The van der Waals surface area contributed by atoms with E-state index >= 15 is 0 Å². The van der Waals surface area contributed by atoms with Gasteiger partial charge in [-0.15, -0.1) is 0 Å². The molecule has 0 radical (unpaired) electrons. The average Bonchev–Trinajstić information content (AvgIpc) is 2.78. The molecular weight excluding hydrogens is 278 g/mol. The summed E-state index contributed by atoms with van der Waals surface area (Å²) in [5.41, 5.74) is 0.940. The third-order valence-electron chi connectivity index (χ3n) is 3.93. The highest BCUT2D eigenvalue weighted by molar-refractivity contribution is 5.79. The second-order valence-electron chi connectivity index (χ2n) is 7.22. The molecule has 6 nitrogen and oxygen atoms in total. The Kier molecular flexibility index (Phi) is 4.58. The van der Waals surface area contributed by atoms with Crippen LogP contribution in [0.25, 0.3) is 0 Å². The van der Waals surface area contributed by atoms with Crippen LogP contribution in [0.3, 0.4) is 0 Å². The topological polar surface area (TPSA) is 61.4 Å². The molecule has 2 rings (SSSR count). The lowest BCUT2D eigenvalue weighted by atomic mass is 10.1. The number of hydrogen-bond acceptors (Lipinski definition) is 5. The van der Waals surface area contributed by atoms with Gasteiger partial charge in [-0.1, -0.05) is 0 Å². The molecule has 1 atom stereocenters. The van der Waals surface area contributed by atoms with Gasteiger partial charge in [0.2, 0.25) is 11.9 Å². The standard InChI is InChI=1S/C16H27N5O/c1-11-8-17-15(19-14(11)20(5)6)18-9-12-7-13(22)21(10-12)16(2,3)4/h8,12H,7,9-10H2,1-6H3,(H,17,18,19). The van der Waals surface area contributed by atoms with Crippen LogP contribution in [-0.2, 0) is 4.79 Å². The van der Waals surface area contributed by atoms with E-state index in [-0.39, 0.29) is 11.4 Å². The van der Waals surface area contributed by atoms with Gasteiger partial charge in [-0.2, -0.15) is 4.98 Å². The number of anilines is 2. The molecule has 1 aromatic heterocycles. The summed E-state index contributed by atoms with van der Waals surface area (Å²) in [6.07, 6.45) is 2.42. The predicted octanol–water partition coefficient (Wildman–Crippen LogP) is 1.91. The first kappa shape index (κ1) is 16.5. The Labute approximate surface area is 132 Å². The van der Waals surface area contributed by atoms with Crippen molar-refractivity contribution in [3.05, 3.63) is 11.8 Å². The van der Waals surface area contributed by atoms with Crippen LogP contribution >= 0.6 is 0 Å². The summed E-state index contributed by atoms with van der Waals surface area (Å²) in [5.74, 6) is 2.07. The van der Waals surface area contributed by atoms with E-state index in [4.69, 9.17) is 0 Å². The van der Waals surface area contributed by atoms with Crippen LogP contribution in [0.4, 0.5) is 11.8 Å². The number of hydrogen-bond donors (Lipinski definition) is 1. The molecule has 0 bridgehead atoms. The fourth-order valence-corrected chi connectivity index (χ4v) is 2.77. The van der Waals surface area contributed by atoms with Crippen molar-refractivity contribution in [2.24, 2.45) is 5.92 Å². The highest BCUT2D eigenvalue weighted by atomic mass is 16.2. The summed E-state index contributed by atoms with van der Waals surface area (Å²) in [5, 5.41) is 3.27. The van der Waals surface area contributed by atoms with Gasteiger partial charge >= 0.3 is 0 Å². The van der Waals surface area contributed by atoms with E-state index in [1.54, 1.807) is 0 Å². The lowest BCUT2D eigenvalue weighted by Crippen LogP contribution is -2.42. The molecule has 122 valence electrons. The Morgan fingerprint density at radius 3 is 2.64 bits per heavy atom. The third-order valence-corrected chi connectivity index (χ3v) is 3.93. The van der Waals surface area contributed by atoms with Crippen molar-refractivity contribution in [1.82, 2.24) is 14.9 Å². The van der Waals surface area contributed by atoms with E-state index in [9.17, 15) is 4.79 Å². The Bertz CT molecular complexity index is 550. The molecule has 0 aromatic carbocycles. The Balaban J connectivity index is 1.97. The first-order chi connectivity index (χ1) is 10.2. The van der Waals surface area contributed by atoms with Crippen molar-refractivity contribution < 1.29 is 4.79 Å². The molecule has 0 saturated carbocycles. The molecule has 6 heteroatoms. The number of carbonyl (C=O) groups excluding carboxylic acids is 1. The Hall–Kier alpha value is -1.85. The molecule has 1 fully saturated rings. The normalized spacial score (nSPS) is 18.7. The van der Waals surface area contributed by atoms with E-state index in [1.807, 2.05) is 37.0 Å².